The molecule has 0 radical (unpaired) electrons. The molecule has 4 aromatic rings. The molecule has 2 aromatic heterocycles. The first kappa shape index (κ1) is 22.2. The summed E-state index contributed by atoms with van der Waals surface area (Å²) < 4.78 is 2.34. The number of hydrogen-bond donors (Lipinski definition) is 1. The fraction of sp³-hybridized carbons (Fsp3) is 0.300. The number of thiophene rings is 1. The number of urea groups is 1. The minimum Gasteiger partial charge on any atom is -0.334 e. The SMILES string of the molecule is Cc1ccc(CNC(=O)N2Cc3c(sc4c3CCCC4)-n3cccc3C2c2ccc(C)cc2)cc1. The van der Waals surface area contributed by atoms with Gasteiger partial charge in [0.1, 0.15) is 5.00 Å². The standard InChI is InChI=1S/C30H31N3OS/c1-20-9-13-22(14-10-20)18-31-30(34)33-19-25-24-6-3-4-8-27(24)35-29(25)32-17-5-7-26(32)28(33)23-15-11-21(2)12-16-23/h5,7,9-17,28H,3-4,6,8,18-19H2,1-2H3,(H,31,34). The highest BCUT2D eigenvalue weighted by molar-refractivity contribution is 7.15. The van der Waals surface area contributed by atoms with Crippen molar-refractivity contribution >= 4 is 17.4 Å². The summed E-state index contributed by atoms with van der Waals surface area (Å²) in [6.07, 6.45) is 6.94. The highest BCUT2D eigenvalue weighted by Gasteiger charge is 2.35. The third-order valence-corrected chi connectivity index (χ3v) is 8.73. The molecule has 0 fully saturated rings. The number of nitrogens with zero attached hydrogens (tertiary/aromatic N) is 2. The van der Waals surface area contributed by atoms with Crippen LogP contribution in [-0.4, -0.2) is 15.5 Å². The molecule has 35 heavy (non-hydrogen) atoms. The van der Waals surface area contributed by atoms with Gasteiger partial charge in [0.15, 0.2) is 0 Å². The number of hydrogen-bond acceptors (Lipinski definition) is 2. The van der Waals surface area contributed by atoms with Gasteiger partial charge in [-0.3, -0.25) is 0 Å². The Morgan fingerprint density at radius 1 is 0.943 bits per heavy atom. The molecule has 2 amide bonds. The monoisotopic (exact) mass is 481 g/mol. The number of carbonyl (C=O) groups is 1. The van der Waals surface area contributed by atoms with Crippen LogP contribution in [0, 0.1) is 13.8 Å². The average molecular weight is 482 g/mol. The minimum atomic E-state index is -0.151. The van der Waals surface area contributed by atoms with Crippen LogP contribution in [0.25, 0.3) is 5.00 Å². The number of nitrogens with one attached hydrogen (secondary N) is 1. The molecule has 2 aromatic carbocycles. The van der Waals surface area contributed by atoms with Gasteiger partial charge in [0.2, 0.25) is 0 Å². The van der Waals surface area contributed by atoms with Gasteiger partial charge in [-0.25, -0.2) is 4.79 Å². The molecule has 3 heterocycles. The van der Waals surface area contributed by atoms with E-state index in [2.05, 4.69) is 95.5 Å². The van der Waals surface area contributed by atoms with Gasteiger partial charge in [0.05, 0.1) is 18.3 Å². The first-order valence-electron chi connectivity index (χ1n) is 12.6. The van der Waals surface area contributed by atoms with Crippen LogP contribution in [0.4, 0.5) is 4.79 Å². The first-order chi connectivity index (χ1) is 17.1. The van der Waals surface area contributed by atoms with Crippen molar-refractivity contribution in [2.45, 2.75) is 58.7 Å². The predicted octanol–water partition coefficient (Wildman–Crippen LogP) is 6.85. The zero-order valence-electron chi connectivity index (χ0n) is 20.4. The number of rotatable bonds is 3. The predicted molar refractivity (Wildman–Crippen MR) is 142 cm³/mol. The molecule has 0 saturated heterocycles. The number of benzene rings is 2. The molecule has 0 bridgehead atoms. The molecule has 4 nitrogen and oxygen atoms in total. The Hall–Kier alpha value is -3.31. The van der Waals surface area contributed by atoms with Crippen LogP contribution in [0.5, 0.6) is 0 Å². The Morgan fingerprint density at radius 3 is 2.43 bits per heavy atom. The molecule has 0 spiro atoms. The molecule has 1 aliphatic heterocycles. The molecule has 1 atom stereocenters. The van der Waals surface area contributed by atoms with Crippen LogP contribution in [-0.2, 0) is 25.9 Å². The Morgan fingerprint density at radius 2 is 1.66 bits per heavy atom. The van der Waals surface area contributed by atoms with Crippen molar-refractivity contribution < 1.29 is 4.79 Å². The zero-order chi connectivity index (χ0) is 23.9. The van der Waals surface area contributed by atoms with Gasteiger partial charge in [-0.05, 0) is 68.4 Å². The summed E-state index contributed by atoms with van der Waals surface area (Å²) in [7, 11) is 0. The topological polar surface area (TPSA) is 37.3 Å². The molecule has 5 heteroatoms. The fourth-order valence-corrected chi connectivity index (χ4v) is 6.88. The fourth-order valence-electron chi connectivity index (χ4n) is 5.47. The van der Waals surface area contributed by atoms with Crippen molar-refractivity contribution in [3.8, 4) is 5.00 Å². The summed E-state index contributed by atoms with van der Waals surface area (Å²) in [5, 5.41) is 4.53. The molecular weight excluding hydrogens is 450 g/mol. The smallest absolute Gasteiger partial charge is 0.318 e. The summed E-state index contributed by atoms with van der Waals surface area (Å²) >= 11 is 1.93. The Bertz CT molecular complexity index is 1360. The summed E-state index contributed by atoms with van der Waals surface area (Å²) in [6.45, 7) is 5.34. The Balaban J connectivity index is 1.42. The summed E-state index contributed by atoms with van der Waals surface area (Å²) in [5.41, 5.74) is 8.67. The van der Waals surface area contributed by atoms with Crippen LogP contribution < -0.4 is 5.32 Å². The quantitative estimate of drug-likeness (QED) is 0.341. The third-order valence-electron chi connectivity index (χ3n) is 7.40. The largest absolute Gasteiger partial charge is 0.334 e. The van der Waals surface area contributed by atoms with Crippen LogP contribution >= 0.6 is 11.3 Å². The summed E-state index contributed by atoms with van der Waals surface area (Å²) in [5.74, 6) is 0. The summed E-state index contributed by atoms with van der Waals surface area (Å²) in [6, 6.07) is 21.1. The molecule has 6 rings (SSSR count). The van der Waals surface area contributed by atoms with E-state index in [-0.39, 0.29) is 12.1 Å². The lowest BCUT2D eigenvalue weighted by molar-refractivity contribution is 0.180. The van der Waals surface area contributed by atoms with Crippen LogP contribution in [0.2, 0.25) is 0 Å². The number of aryl methyl sites for hydroxylation is 3. The van der Waals surface area contributed by atoms with Gasteiger partial charge in [0.25, 0.3) is 0 Å². The van der Waals surface area contributed by atoms with E-state index in [9.17, 15) is 4.79 Å². The maximum atomic E-state index is 13.9. The Labute approximate surface area is 211 Å². The van der Waals surface area contributed by atoms with Crippen LogP contribution in [0.3, 0.4) is 0 Å². The molecule has 178 valence electrons. The van der Waals surface area contributed by atoms with E-state index in [1.807, 2.05) is 11.3 Å². The van der Waals surface area contributed by atoms with E-state index >= 15 is 0 Å². The molecule has 0 saturated carbocycles. The average Bonchev–Trinajstić information content (AvgIpc) is 3.46. The van der Waals surface area contributed by atoms with Crippen molar-refractivity contribution in [3.05, 3.63) is 111 Å². The number of carbonyl (C=O) groups excluding carboxylic acids is 1. The maximum Gasteiger partial charge on any atom is 0.318 e. The maximum absolute atomic E-state index is 13.9. The number of aromatic nitrogens is 1. The second-order valence-electron chi connectivity index (χ2n) is 9.88. The van der Waals surface area contributed by atoms with Crippen molar-refractivity contribution in [3.63, 3.8) is 0 Å². The zero-order valence-corrected chi connectivity index (χ0v) is 21.2. The van der Waals surface area contributed by atoms with Gasteiger partial charge < -0.3 is 14.8 Å². The minimum absolute atomic E-state index is 0.0208. The number of amides is 2. The molecule has 1 aliphatic carbocycles. The molecular formula is C30H31N3OS. The van der Waals surface area contributed by atoms with E-state index in [4.69, 9.17) is 0 Å². The second-order valence-corrected chi connectivity index (χ2v) is 11.0. The van der Waals surface area contributed by atoms with Crippen molar-refractivity contribution in [2.24, 2.45) is 0 Å². The van der Waals surface area contributed by atoms with Gasteiger partial charge in [-0.15, -0.1) is 11.3 Å². The van der Waals surface area contributed by atoms with E-state index in [0.717, 1.165) is 29.7 Å². The van der Waals surface area contributed by atoms with Gasteiger partial charge in [0, 0.05) is 23.2 Å². The van der Waals surface area contributed by atoms with Gasteiger partial charge >= 0.3 is 6.03 Å². The van der Waals surface area contributed by atoms with Crippen LogP contribution in [0.1, 0.15) is 62.8 Å². The normalized spacial score (nSPS) is 16.7. The van der Waals surface area contributed by atoms with E-state index in [1.165, 1.54) is 45.0 Å². The highest BCUT2D eigenvalue weighted by Crippen LogP contribution is 2.44. The second kappa shape index (κ2) is 9.04. The lowest BCUT2D eigenvalue weighted by Crippen LogP contribution is -2.41. The third kappa shape index (κ3) is 4.08. The van der Waals surface area contributed by atoms with Gasteiger partial charge in [-0.1, -0.05) is 59.7 Å². The highest BCUT2D eigenvalue weighted by atomic mass is 32.1. The number of fused-ring (bicyclic) bond motifs is 5. The van der Waals surface area contributed by atoms with Crippen molar-refractivity contribution in [1.29, 1.82) is 0 Å². The van der Waals surface area contributed by atoms with E-state index in [0.29, 0.717) is 13.1 Å². The van der Waals surface area contributed by atoms with Crippen molar-refractivity contribution in [1.82, 2.24) is 14.8 Å². The lowest BCUT2D eigenvalue weighted by atomic mass is 9.95. The molecule has 1 unspecified atom stereocenters. The molecule has 1 N–H and O–H groups in total. The first-order valence-corrected chi connectivity index (χ1v) is 13.4. The van der Waals surface area contributed by atoms with Gasteiger partial charge in [-0.2, -0.15) is 0 Å². The van der Waals surface area contributed by atoms with Crippen molar-refractivity contribution in [2.75, 3.05) is 0 Å². The molecule has 2 aliphatic rings. The van der Waals surface area contributed by atoms with Crippen LogP contribution in [0.15, 0.2) is 66.9 Å². The summed E-state index contributed by atoms with van der Waals surface area (Å²) in [4.78, 5) is 17.4. The lowest BCUT2D eigenvalue weighted by Gasteiger charge is -2.31. The Kier molecular flexibility index (Phi) is 5.73. The van der Waals surface area contributed by atoms with E-state index in [1.54, 1.807) is 0 Å². The van der Waals surface area contributed by atoms with E-state index < -0.39 is 0 Å².